The predicted octanol–water partition coefficient (Wildman–Crippen LogP) is 1.92. The van der Waals surface area contributed by atoms with Crippen molar-refractivity contribution in [3.05, 3.63) is 59.5 Å². The molecule has 0 bridgehead atoms. The number of amides is 2. The molecular weight excluding hydrogens is 453 g/mol. The number of para-hydroxylation sites is 2. The molecule has 0 saturated heterocycles. The first kappa shape index (κ1) is 24.3. The molecule has 1 aliphatic heterocycles. The average Bonchev–Trinajstić information content (AvgIpc) is 3.48. The SMILES string of the molecule is CNC(=O)Cn1c(CCNCCc2nc(C(=O)NCC3=C(F)CCC=N3)co2)nc2ccccc21. The maximum atomic E-state index is 13.7. The molecule has 3 aromatic rings. The number of allylic oxidation sites excluding steroid dienone is 1. The predicted molar refractivity (Wildman–Crippen MR) is 129 cm³/mol. The van der Waals surface area contributed by atoms with Crippen molar-refractivity contribution < 1.29 is 18.4 Å². The molecule has 0 aliphatic carbocycles. The number of oxazole rings is 1. The molecule has 0 fully saturated rings. The first-order chi connectivity index (χ1) is 17.0. The number of aliphatic imine (C=N–C) groups is 1. The van der Waals surface area contributed by atoms with E-state index >= 15 is 0 Å². The number of fused-ring (bicyclic) bond motifs is 1. The Balaban J connectivity index is 1.24. The number of halogens is 1. The van der Waals surface area contributed by atoms with Gasteiger partial charge in [-0.1, -0.05) is 12.1 Å². The topological polar surface area (TPSA) is 126 Å². The number of carbonyl (C=O) groups is 2. The maximum Gasteiger partial charge on any atom is 0.273 e. The van der Waals surface area contributed by atoms with Gasteiger partial charge in [0.1, 0.15) is 24.5 Å². The van der Waals surface area contributed by atoms with E-state index in [1.54, 1.807) is 13.3 Å². The van der Waals surface area contributed by atoms with Gasteiger partial charge in [0.05, 0.1) is 23.3 Å². The number of nitrogens with zero attached hydrogens (tertiary/aromatic N) is 4. The van der Waals surface area contributed by atoms with Crippen molar-refractivity contribution in [2.45, 2.75) is 32.2 Å². The second-order valence-electron chi connectivity index (χ2n) is 8.04. The van der Waals surface area contributed by atoms with Gasteiger partial charge in [0, 0.05) is 45.6 Å². The smallest absolute Gasteiger partial charge is 0.273 e. The lowest BCUT2D eigenvalue weighted by Gasteiger charge is -2.09. The van der Waals surface area contributed by atoms with Crippen LogP contribution in [0, 0.1) is 0 Å². The van der Waals surface area contributed by atoms with Gasteiger partial charge in [-0.05, 0) is 18.6 Å². The maximum absolute atomic E-state index is 13.7. The second-order valence-corrected chi connectivity index (χ2v) is 8.04. The Bertz CT molecular complexity index is 1260. The van der Waals surface area contributed by atoms with Crippen LogP contribution in [0.1, 0.15) is 35.0 Å². The average molecular weight is 482 g/mol. The number of likely N-dealkylation sites (N-methyl/N-ethyl adjacent to an activating group) is 1. The zero-order chi connectivity index (χ0) is 24.6. The number of benzene rings is 1. The number of hydrogen-bond donors (Lipinski definition) is 3. The van der Waals surface area contributed by atoms with Crippen LogP contribution in [-0.4, -0.2) is 59.2 Å². The molecule has 2 amide bonds. The molecule has 0 saturated carbocycles. The third kappa shape index (κ3) is 6.18. The summed E-state index contributed by atoms with van der Waals surface area (Å²) in [5.74, 6) is 0.425. The second kappa shape index (κ2) is 11.5. The highest BCUT2D eigenvalue weighted by molar-refractivity contribution is 5.92. The lowest BCUT2D eigenvalue weighted by molar-refractivity contribution is -0.121. The van der Waals surface area contributed by atoms with Gasteiger partial charge in [-0.15, -0.1) is 0 Å². The summed E-state index contributed by atoms with van der Waals surface area (Å²) < 4.78 is 21.0. The molecule has 2 aromatic heterocycles. The largest absolute Gasteiger partial charge is 0.448 e. The highest BCUT2D eigenvalue weighted by Crippen LogP contribution is 2.17. The van der Waals surface area contributed by atoms with Crippen LogP contribution in [0.25, 0.3) is 11.0 Å². The first-order valence-corrected chi connectivity index (χ1v) is 11.5. The van der Waals surface area contributed by atoms with E-state index in [4.69, 9.17) is 4.42 Å². The zero-order valence-electron chi connectivity index (χ0n) is 19.5. The standard InChI is InChI=1S/C24H28FN7O3/c1-26-22(33)14-32-20-7-3-2-6-17(20)30-21(32)8-11-27-12-9-23-31-19(15-35-23)24(34)29-13-18-16(25)5-4-10-28-18/h2-3,6-7,10,15,27H,4-5,8-9,11-14H2,1H3,(H,26,33)(H,29,34). The van der Waals surface area contributed by atoms with Gasteiger partial charge in [-0.3, -0.25) is 14.6 Å². The molecule has 0 unspecified atom stereocenters. The van der Waals surface area contributed by atoms with E-state index in [9.17, 15) is 14.0 Å². The number of aromatic nitrogens is 3. The minimum Gasteiger partial charge on any atom is -0.448 e. The number of nitrogens with one attached hydrogen (secondary N) is 3. The van der Waals surface area contributed by atoms with Crippen LogP contribution in [-0.2, 0) is 24.2 Å². The molecule has 184 valence electrons. The molecule has 3 N–H and O–H groups in total. The van der Waals surface area contributed by atoms with Gasteiger partial charge in [-0.25, -0.2) is 14.4 Å². The van der Waals surface area contributed by atoms with E-state index in [1.807, 2.05) is 28.8 Å². The third-order valence-electron chi connectivity index (χ3n) is 5.61. The number of carbonyl (C=O) groups excluding carboxylic acids is 2. The third-order valence-corrected chi connectivity index (χ3v) is 5.61. The minimum atomic E-state index is -0.441. The van der Waals surface area contributed by atoms with Gasteiger partial charge < -0.3 is 24.9 Å². The Morgan fingerprint density at radius 2 is 2.00 bits per heavy atom. The molecule has 0 radical (unpaired) electrons. The first-order valence-electron chi connectivity index (χ1n) is 11.5. The van der Waals surface area contributed by atoms with E-state index in [-0.39, 0.29) is 36.2 Å². The Kier molecular flexibility index (Phi) is 7.99. The molecule has 0 spiro atoms. The molecule has 10 nitrogen and oxygen atoms in total. The summed E-state index contributed by atoms with van der Waals surface area (Å²) in [6.45, 7) is 1.45. The van der Waals surface area contributed by atoms with Crippen LogP contribution in [0.3, 0.4) is 0 Å². The van der Waals surface area contributed by atoms with E-state index in [1.165, 1.54) is 6.26 Å². The zero-order valence-corrected chi connectivity index (χ0v) is 19.5. The van der Waals surface area contributed by atoms with Crippen molar-refractivity contribution in [3.8, 4) is 0 Å². The fourth-order valence-corrected chi connectivity index (χ4v) is 3.74. The molecule has 1 aliphatic rings. The molecule has 1 aromatic carbocycles. The highest BCUT2D eigenvalue weighted by atomic mass is 19.1. The van der Waals surface area contributed by atoms with Crippen LogP contribution >= 0.6 is 0 Å². The lowest BCUT2D eigenvalue weighted by atomic mass is 10.2. The van der Waals surface area contributed by atoms with E-state index in [2.05, 4.69) is 30.9 Å². The van der Waals surface area contributed by atoms with E-state index in [0.29, 0.717) is 44.7 Å². The quantitative estimate of drug-likeness (QED) is 0.359. The number of imidazole rings is 1. The van der Waals surface area contributed by atoms with Crippen molar-refractivity contribution in [1.29, 1.82) is 0 Å². The summed E-state index contributed by atoms with van der Waals surface area (Å²) in [6.07, 6.45) is 4.94. The fourth-order valence-electron chi connectivity index (χ4n) is 3.74. The van der Waals surface area contributed by atoms with Crippen LogP contribution in [0.2, 0.25) is 0 Å². The van der Waals surface area contributed by atoms with Crippen molar-refractivity contribution in [1.82, 2.24) is 30.5 Å². The summed E-state index contributed by atoms with van der Waals surface area (Å²) >= 11 is 0. The van der Waals surface area contributed by atoms with E-state index < -0.39 is 5.91 Å². The fraction of sp³-hybridized carbons (Fsp3) is 0.375. The van der Waals surface area contributed by atoms with Crippen molar-refractivity contribution in [2.75, 3.05) is 26.7 Å². The molecule has 0 atom stereocenters. The van der Waals surface area contributed by atoms with Gasteiger partial charge in [0.2, 0.25) is 5.91 Å². The number of rotatable bonds is 11. The van der Waals surface area contributed by atoms with Crippen molar-refractivity contribution in [3.63, 3.8) is 0 Å². The molecule has 11 heteroatoms. The van der Waals surface area contributed by atoms with Gasteiger partial charge in [0.25, 0.3) is 5.91 Å². The molecule has 4 rings (SSSR count). The molecule has 35 heavy (non-hydrogen) atoms. The van der Waals surface area contributed by atoms with Crippen LogP contribution < -0.4 is 16.0 Å². The Morgan fingerprint density at radius 1 is 1.17 bits per heavy atom. The van der Waals surface area contributed by atoms with Gasteiger partial charge >= 0.3 is 0 Å². The molecule has 3 heterocycles. The Labute approximate surface area is 201 Å². The lowest BCUT2D eigenvalue weighted by Crippen LogP contribution is -2.26. The van der Waals surface area contributed by atoms with Gasteiger partial charge in [-0.2, -0.15) is 0 Å². The van der Waals surface area contributed by atoms with Crippen molar-refractivity contribution in [2.24, 2.45) is 4.99 Å². The summed E-state index contributed by atoms with van der Waals surface area (Å²) in [5, 5.41) is 8.58. The Morgan fingerprint density at radius 3 is 2.83 bits per heavy atom. The van der Waals surface area contributed by atoms with Crippen molar-refractivity contribution >= 4 is 29.1 Å². The Hall–Kier alpha value is -3.86. The minimum absolute atomic E-state index is 0.00953. The summed E-state index contributed by atoms with van der Waals surface area (Å²) in [7, 11) is 1.61. The summed E-state index contributed by atoms with van der Waals surface area (Å²) in [5.41, 5.74) is 2.16. The van der Waals surface area contributed by atoms with E-state index in [0.717, 1.165) is 16.9 Å². The van der Waals surface area contributed by atoms with Crippen LogP contribution in [0.5, 0.6) is 0 Å². The number of hydrogen-bond acceptors (Lipinski definition) is 7. The molecular formula is C24H28FN7O3. The van der Waals surface area contributed by atoms with Crippen LogP contribution in [0.15, 0.2) is 51.5 Å². The summed E-state index contributed by atoms with van der Waals surface area (Å²) in [6, 6.07) is 7.73. The van der Waals surface area contributed by atoms with Crippen LogP contribution in [0.4, 0.5) is 4.39 Å². The monoisotopic (exact) mass is 481 g/mol. The normalized spacial score (nSPS) is 13.4. The summed E-state index contributed by atoms with van der Waals surface area (Å²) in [4.78, 5) is 37.1. The van der Waals surface area contributed by atoms with Gasteiger partial charge in [0.15, 0.2) is 11.6 Å². The highest BCUT2D eigenvalue weighted by Gasteiger charge is 2.15.